The summed E-state index contributed by atoms with van der Waals surface area (Å²) in [5.41, 5.74) is 3.36. The molecule has 0 saturated carbocycles. The van der Waals surface area contributed by atoms with E-state index in [2.05, 4.69) is 62.4 Å². The van der Waals surface area contributed by atoms with Gasteiger partial charge in [-0.15, -0.1) is 0 Å². The van der Waals surface area contributed by atoms with Crippen molar-refractivity contribution in [3.05, 3.63) is 59.7 Å². The van der Waals surface area contributed by atoms with Crippen LogP contribution in [0, 0.1) is 5.41 Å². The Labute approximate surface area is 127 Å². The van der Waals surface area contributed by atoms with Gasteiger partial charge < -0.3 is 0 Å². The fourth-order valence-corrected chi connectivity index (χ4v) is 3.70. The molecule has 0 radical (unpaired) electrons. The maximum Gasteiger partial charge on any atom is -0.00703 e. The van der Waals surface area contributed by atoms with Crippen molar-refractivity contribution in [3.63, 3.8) is 0 Å². The highest BCUT2D eigenvalue weighted by atomic mass is 14.3. The summed E-state index contributed by atoms with van der Waals surface area (Å²) in [5.74, 6) is 0. The van der Waals surface area contributed by atoms with Crippen molar-refractivity contribution in [3.8, 4) is 0 Å². The zero-order valence-corrected chi connectivity index (χ0v) is 13.5. The third kappa shape index (κ3) is 2.33. The maximum atomic E-state index is 2.39. The summed E-state index contributed by atoms with van der Waals surface area (Å²) in [4.78, 5) is 0. The second kappa shape index (κ2) is 5.18. The molecule has 0 spiro atoms. The predicted molar refractivity (Wildman–Crippen MR) is 94.0 cm³/mol. The quantitative estimate of drug-likeness (QED) is 0.432. The zero-order valence-electron chi connectivity index (χ0n) is 13.5. The minimum absolute atomic E-state index is 0.335. The van der Waals surface area contributed by atoms with Crippen LogP contribution in [-0.4, -0.2) is 0 Å². The van der Waals surface area contributed by atoms with Gasteiger partial charge in [-0.05, 0) is 50.9 Å². The van der Waals surface area contributed by atoms with Gasteiger partial charge >= 0.3 is 0 Å². The molecule has 0 aromatic heterocycles. The summed E-state index contributed by atoms with van der Waals surface area (Å²) >= 11 is 0. The first-order chi connectivity index (χ1) is 10.1. The Kier molecular flexibility index (Phi) is 3.49. The number of rotatable bonds is 0. The molecule has 3 aromatic rings. The minimum Gasteiger partial charge on any atom is -0.0683 e. The van der Waals surface area contributed by atoms with Crippen LogP contribution >= 0.6 is 0 Å². The Balaban J connectivity index is 0.000000636. The summed E-state index contributed by atoms with van der Waals surface area (Å²) in [6, 6.07) is 18.0. The molecule has 0 unspecified atom stereocenters. The fraction of sp³-hybridized carbons (Fsp3) is 0.333. The van der Waals surface area contributed by atoms with Gasteiger partial charge in [-0.1, -0.05) is 76.2 Å². The molecular formula is C21H24. The molecule has 0 aliphatic heterocycles. The van der Waals surface area contributed by atoms with E-state index in [1.807, 2.05) is 13.8 Å². The van der Waals surface area contributed by atoms with Crippen LogP contribution in [-0.2, 0) is 12.8 Å². The fourth-order valence-electron chi connectivity index (χ4n) is 3.70. The van der Waals surface area contributed by atoms with Crippen molar-refractivity contribution >= 4 is 21.5 Å². The highest BCUT2D eigenvalue weighted by Gasteiger charge is 2.25. The molecule has 21 heavy (non-hydrogen) atoms. The molecule has 1 aliphatic carbocycles. The zero-order chi connectivity index (χ0) is 15.0. The van der Waals surface area contributed by atoms with Gasteiger partial charge in [0.15, 0.2) is 0 Å². The van der Waals surface area contributed by atoms with Crippen LogP contribution in [0.3, 0.4) is 0 Å². The third-order valence-corrected chi connectivity index (χ3v) is 4.40. The van der Waals surface area contributed by atoms with E-state index in [1.165, 1.54) is 32.7 Å². The number of hydrogen-bond acceptors (Lipinski definition) is 0. The number of hydrogen-bond donors (Lipinski definition) is 0. The van der Waals surface area contributed by atoms with Crippen LogP contribution in [0.5, 0.6) is 0 Å². The van der Waals surface area contributed by atoms with Crippen LogP contribution in [0.15, 0.2) is 48.5 Å². The van der Waals surface area contributed by atoms with Crippen molar-refractivity contribution in [2.24, 2.45) is 5.41 Å². The van der Waals surface area contributed by atoms with E-state index in [-0.39, 0.29) is 0 Å². The Hall–Kier alpha value is -1.82. The van der Waals surface area contributed by atoms with Crippen LogP contribution < -0.4 is 0 Å². The largest absolute Gasteiger partial charge is 0.0683 e. The maximum absolute atomic E-state index is 2.39. The normalized spacial score (nSPS) is 15.6. The standard InChI is InChI=1S/C19H18.C2H6/c1-19(2)11-15-7-3-5-13-9-10-14-6-4-8-16(12-19)18(14)17(13)15;1-2/h3-10H,11-12H2,1-2H3;1-2H3. The third-order valence-electron chi connectivity index (χ3n) is 4.40. The number of benzene rings is 3. The first kappa shape index (κ1) is 14.1. The van der Waals surface area contributed by atoms with E-state index in [0.29, 0.717) is 5.41 Å². The monoisotopic (exact) mass is 276 g/mol. The molecule has 0 saturated heterocycles. The Morgan fingerprint density at radius 1 is 0.667 bits per heavy atom. The van der Waals surface area contributed by atoms with Gasteiger partial charge in [0, 0.05) is 0 Å². The van der Waals surface area contributed by atoms with Gasteiger partial charge in [-0.2, -0.15) is 0 Å². The average Bonchev–Trinajstić information content (AvgIpc) is 2.60. The lowest BCUT2D eigenvalue weighted by Gasteiger charge is -2.23. The Bertz CT molecular complexity index is 727. The molecule has 0 heteroatoms. The molecule has 0 heterocycles. The average molecular weight is 276 g/mol. The van der Waals surface area contributed by atoms with Crippen molar-refractivity contribution in [2.75, 3.05) is 0 Å². The Morgan fingerprint density at radius 2 is 1.10 bits per heavy atom. The highest BCUT2D eigenvalue weighted by molar-refractivity contribution is 6.11. The second-order valence-corrected chi connectivity index (χ2v) is 6.61. The SMILES string of the molecule is CC.CC1(C)Cc2cccc3ccc4cccc(c4c23)C1. The second-order valence-electron chi connectivity index (χ2n) is 6.61. The van der Waals surface area contributed by atoms with E-state index in [1.54, 1.807) is 0 Å². The molecule has 0 N–H and O–H groups in total. The van der Waals surface area contributed by atoms with Crippen molar-refractivity contribution in [1.29, 1.82) is 0 Å². The van der Waals surface area contributed by atoms with Gasteiger partial charge in [-0.3, -0.25) is 0 Å². The summed E-state index contributed by atoms with van der Waals surface area (Å²) in [5, 5.41) is 5.74. The summed E-state index contributed by atoms with van der Waals surface area (Å²) in [6.45, 7) is 8.77. The van der Waals surface area contributed by atoms with Gasteiger partial charge in [0.1, 0.15) is 0 Å². The lowest BCUT2D eigenvalue weighted by molar-refractivity contribution is 0.365. The molecule has 3 aromatic carbocycles. The molecule has 4 rings (SSSR count). The van der Waals surface area contributed by atoms with Crippen LogP contribution in [0.1, 0.15) is 38.8 Å². The van der Waals surface area contributed by atoms with E-state index in [0.717, 1.165) is 12.8 Å². The lowest BCUT2D eigenvalue weighted by Crippen LogP contribution is -2.17. The summed E-state index contributed by atoms with van der Waals surface area (Å²) in [7, 11) is 0. The first-order valence-corrected chi connectivity index (χ1v) is 8.06. The summed E-state index contributed by atoms with van der Waals surface area (Å²) in [6.07, 6.45) is 2.33. The van der Waals surface area contributed by atoms with E-state index in [9.17, 15) is 0 Å². The molecule has 0 amide bonds. The molecule has 0 nitrogen and oxygen atoms in total. The molecule has 0 atom stereocenters. The van der Waals surface area contributed by atoms with Crippen molar-refractivity contribution in [2.45, 2.75) is 40.5 Å². The minimum atomic E-state index is 0.335. The van der Waals surface area contributed by atoms with Crippen molar-refractivity contribution in [1.82, 2.24) is 0 Å². The first-order valence-electron chi connectivity index (χ1n) is 8.06. The topological polar surface area (TPSA) is 0 Å². The van der Waals surface area contributed by atoms with E-state index in [4.69, 9.17) is 0 Å². The molecular weight excluding hydrogens is 252 g/mol. The van der Waals surface area contributed by atoms with Gasteiger partial charge in [0.05, 0.1) is 0 Å². The molecule has 108 valence electrons. The Morgan fingerprint density at radius 3 is 1.52 bits per heavy atom. The lowest BCUT2D eigenvalue weighted by atomic mass is 9.82. The summed E-state index contributed by atoms with van der Waals surface area (Å²) < 4.78 is 0. The van der Waals surface area contributed by atoms with Gasteiger partial charge in [0.25, 0.3) is 0 Å². The van der Waals surface area contributed by atoms with Crippen molar-refractivity contribution < 1.29 is 0 Å². The molecule has 0 fully saturated rings. The van der Waals surface area contributed by atoms with Gasteiger partial charge in [-0.25, -0.2) is 0 Å². The van der Waals surface area contributed by atoms with Crippen LogP contribution in [0.4, 0.5) is 0 Å². The molecule has 0 bridgehead atoms. The predicted octanol–water partition coefficient (Wildman–Crippen LogP) is 6.14. The highest BCUT2D eigenvalue weighted by Crippen LogP contribution is 2.40. The van der Waals surface area contributed by atoms with Crippen LogP contribution in [0.2, 0.25) is 0 Å². The van der Waals surface area contributed by atoms with Gasteiger partial charge in [0.2, 0.25) is 0 Å². The van der Waals surface area contributed by atoms with Crippen LogP contribution in [0.25, 0.3) is 21.5 Å². The smallest absolute Gasteiger partial charge is 0.00703 e. The van der Waals surface area contributed by atoms with E-state index >= 15 is 0 Å². The molecule has 1 aliphatic rings. The van der Waals surface area contributed by atoms with E-state index < -0.39 is 0 Å².